The Bertz CT molecular complexity index is 1470. The van der Waals surface area contributed by atoms with Gasteiger partial charge in [0, 0.05) is 12.8 Å². The van der Waals surface area contributed by atoms with Crippen molar-refractivity contribution in [1.82, 2.24) is 5.32 Å². The van der Waals surface area contributed by atoms with Crippen molar-refractivity contribution in [3.63, 3.8) is 0 Å². The summed E-state index contributed by atoms with van der Waals surface area (Å²) in [6, 6.07) is -0.891. The van der Waals surface area contributed by atoms with Crippen molar-refractivity contribution in [3.05, 3.63) is 60.8 Å². The molecule has 0 saturated carbocycles. The Morgan fingerprint density at radius 2 is 0.827 bits per heavy atom. The monoisotopic (exact) mass is 1070 g/mol. The smallest absolute Gasteiger partial charge is 0.306 e. The van der Waals surface area contributed by atoms with Crippen LogP contribution in [0.4, 0.5) is 0 Å². The number of phosphoric acid groups is 1. The Hall–Kier alpha value is -2.29. The molecule has 1 amide bonds. The molecule has 0 rings (SSSR count). The number of amides is 1. The van der Waals surface area contributed by atoms with Gasteiger partial charge in [-0.1, -0.05) is 249 Å². The number of rotatable bonds is 57. The number of quaternary nitrogens is 1. The molecule has 10 heteroatoms. The van der Waals surface area contributed by atoms with Gasteiger partial charge in [-0.25, -0.2) is 0 Å². The fourth-order valence-electron chi connectivity index (χ4n) is 8.98. The summed E-state index contributed by atoms with van der Waals surface area (Å²) < 4.78 is 30.2. The van der Waals surface area contributed by atoms with Crippen LogP contribution in [0.25, 0.3) is 0 Å². The van der Waals surface area contributed by atoms with Crippen LogP contribution in [-0.4, -0.2) is 69.4 Å². The molecule has 0 aromatic heterocycles. The Kier molecular flexibility index (Phi) is 53.4. The number of phosphoric ester groups is 1. The molecule has 0 radical (unpaired) electrons. The van der Waals surface area contributed by atoms with Gasteiger partial charge in [0.25, 0.3) is 7.82 Å². The van der Waals surface area contributed by atoms with Gasteiger partial charge < -0.3 is 28.5 Å². The van der Waals surface area contributed by atoms with Crippen LogP contribution in [0.1, 0.15) is 290 Å². The zero-order chi connectivity index (χ0) is 55.0. The van der Waals surface area contributed by atoms with Gasteiger partial charge in [-0.05, 0) is 89.5 Å². The second-order valence-corrected chi connectivity index (χ2v) is 24.0. The van der Waals surface area contributed by atoms with Crippen molar-refractivity contribution in [2.75, 3.05) is 40.9 Å². The molecule has 75 heavy (non-hydrogen) atoms. The van der Waals surface area contributed by atoms with E-state index in [-0.39, 0.29) is 24.9 Å². The molecule has 3 unspecified atom stereocenters. The van der Waals surface area contributed by atoms with E-state index in [9.17, 15) is 19.0 Å². The quantitative estimate of drug-likeness (QED) is 0.0212. The van der Waals surface area contributed by atoms with E-state index < -0.39 is 26.6 Å². The number of ether oxygens (including phenoxy) is 1. The highest BCUT2D eigenvalue weighted by Crippen LogP contribution is 2.38. The first-order chi connectivity index (χ1) is 36.4. The third-order valence-electron chi connectivity index (χ3n) is 13.9. The van der Waals surface area contributed by atoms with Crippen LogP contribution in [0, 0.1) is 0 Å². The van der Waals surface area contributed by atoms with Gasteiger partial charge in [0.1, 0.15) is 19.3 Å². The van der Waals surface area contributed by atoms with E-state index in [2.05, 4.69) is 74.7 Å². The van der Waals surface area contributed by atoms with Crippen molar-refractivity contribution < 1.29 is 37.3 Å². The molecule has 0 heterocycles. The lowest BCUT2D eigenvalue weighted by molar-refractivity contribution is -0.870. The minimum Gasteiger partial charge on any atom is -0.756 e. The van der Waals surface area contributed by atoms with E-state index in [0.717, 1.165) is 96.3 Å². The summed E-state index contributed by atoms with van der Waals surface area (Å²) >= 11 is 0. The molecular weight excluding hydrogens is 952 g/mol. The molecule has 3 atom stereocenters. The van der Waals surface area contributed by atoms with Crippen LogP contribution in [0.3, 0.4) is 0 Å². The fraction of sp³-hybridized carbons (Fsp3) is 0.815. The Morgan fingerprint density at radius 1 is 0.467 bits per heavy atom. The number of nitrogens with one attached hydrogen (secondary N) is 1. The number of likely N-dealkylation sites (N-methyl/N-ethyl adjacent to an activating group) is 1. The molecule has 0 saturated heterocycles. The first kappa shape index (κ1) is 72.7. The topological polar surface area (TPSA) is 114 Å². The maximum atomic E-state index is 13.4. The van der Waals surface area contributed by atoms with Gasteiger partial charge in [-0.15, -0.1) is 0 Å². The molecule has 1 N–H and O–H groups in total. The van der Waals surface area contributed by atoms with E-state index in [1.165, 1.54) is 161 Å². The van der Waals surface area contributed by atoms with Gasteiger partial charge in [0.05, 0.1) is 33.8 Å². The minimum atomic E-state index is -4.69. The summed E-state index contributed by atoms with van der Waals surface area (Å²) in [6.07, 6.45) is 69.2. The van der Waals surface area contributed by atoms with Crippen LogP contribution < -0.4 is 10.2 Å². The average molecular weight is 1070 g/mol. The molecule has 9 nitrogen and oxygen atoms in total. The zero-order valence-electron chi connectivity index (χ0n) is 50.0. The van der Waals surface area contributed by atoms with Crippen molar-refractivity contribution in [3.8, 4) is 0 Å². The number of carbonyl (C=O) groups excluding carboxylic acids is 2. The second kappa shape index (κ2) is 55.0. The van der Waals surface area contributed by atoms with Gasteiger partial charge in [-0.3, -0.25) is 14.2 Å². The Labute approximate surface area is 464 Å². The number of allylic oxidation sites excluding steroid dienone is 9. The lowest BCUT2D eigenvalue weighted by Gasteiger charge is -2.30. The predicted octanol–water partition coefficient (Wildman–Crippen LogP) is 18.8. The SMILES string of the molecule is CCCC/C=C\CCCCCCCC(=O)NC(COP(=O)([O-])OCC[N+](C)(C)C)C(/C=C\CCCCCCCCCCC)OC(=O)CCCCCCCCCCCCCCCC/C=C\C/C=C\C/C=C\CCCCC. The molecule has 0 aliphatic heterocycles. The van der Waals surface area contributed by atoms with E-state index in [1.54, 1.807) is 0 Å². The number of hydrogen-bond acceptors (Lipinski definition) is 7. The van der Waals surface area contributed by atoms with Gasteiger partial charge in [0.15, 0.2) is 0 Å². The van der Waals surface area contributed by atoms with Crippen molar-refractivity contribution >= 4 is 19.7 Å². The number of carbonyl (C=O) groups is 2. The summed E-state index contributed by atoms with van der Waals surface area (Å²) in [5, 5.41) is 3.01. The summed E-state index contributed by atoms with van der Waals surface area (Å²) in [5.74, 6) is -0.549. The minimum absolute atomic E-state index is 0.0242. The van der Waals surface area contributed by atoms with Crippen LogP contribution in [0.5, 0.6) is 0 Å². The molecule has 0 fully saturated rings. The number of unbranched alkanes of at least 4 members (excludes halogenated alkanes) is 33. The van der Waals surface area contributed by atoms with Crippen molar-refractivity contribution in [2.45, 2.75) is 303 Å². The van der Waals surface area contributed by atoms with E-state index >= 15 is 0 Å². The number of nitrogens with zero attached hydrogens (tertiary/aromatic N) is 1. The third kappa shape index (κ3) is 56.2. The first-order valence-corrected chi connectivity index (χ1v) is 33.1. The van der Waals surface area contributed by atoms with E-state index in [0.29, 0.717) is 17.4 Å². The maximum Gasteiger partial charge on any atom is 0.306 e. The van der Waals surface area contributed by atoms with Crippen LogP contribution in [0.2, 0.25) is 0 Å². The third-order valence-corrected chi connectivity index (χ3v) is 14.9. The van der Waals surface area contributed by atoms with E-state index in [4.69, 9.17) is 13.8 Å². The molecular formula is C65H121N2O7P. The molecule has 0 aliphatic carbocycles. The zero-order valence-corrected chi connectivity index (χ0v) is 50.9. The van der Waals surface area contributed by atoms with Crippen LogP contribution >= 0.6 is 7.82 Å². The lowest BCUT2D eigenvalue weighted by atomic mass is 10.0. The van der Waals surface area contributed by atoms with E-state index in [1.807, 2.05) is 33.3 Å². The largest absolute Gasteiger partial charge is 0.756 e. The standard InChI is InChI=1S/C65H121N2O7P/c1-7-10-13-16-19-22-25-26-27-28-29-30-31-32-33-34-35-36-37-38-39-40-43-46-49-52-55-58-65(69)74-63(56-53-50-47-44-41-23-20-17-14-11-8-2)62(61-73-75(70,71)72-60-59-67(4,5)6)66-64(68)57-54-51-48-45-42-24-21-18-15-12-9-3/h18-19,21-22,26-27,29-30,53,56,62-63H,7-17,20,23-25,28,31-52,54-55,57-61H2,1-6H3,(H-,66,68,70,71)/b21-18-,22-19-,27-26-,30-29-,56-53-. The Balaban J connectivity index is 4.97. The summed E-state index contributed by atoms with van der Waals surface area (Å²) in [7, 11) is 1.18. The second-order valence-electron chi connectivity index (χ2n) is 22.6. The fourth-order valence-corrected chi connectivity index (χ4v) is 9.70. The van der Waals surface area contributed by atoms with Crippen molar-refractivity contribution in [2.24, 2.45) is 0 Å². The molecule has 0 bridgehead atoms. The molecule has 0 spiro atoms. The molecule has 438 valence electrons. The first-order valence-electron chi connectivity index (χ1n) is 31.6. The highest BCUT2D eigenvalue weighted by molar-refractivity contribution is 7.45. The number of esters is 1. The summed E-state index contributed by atoms with van der Waals surface area (Å²) in [4.78, 5) is 39.9. The van der Waals surface area contributed by atoms with Gasteiger partial charge in [-0.2, -0.15) is 0 Å². The Morgan fingerprint density at radius 3 is 1.29 bits per heavy atom. The summed E-state index contributed by atoms with van der Waals surface area (Å²) in [6.45, 7) is 6.77. The average Bonchev–Trinajstić information content (AvgIpc) is 3.37. The molecule has 0 aromatic carbocycles. The molecule has 0 aliphatic rings. The lowest BCUT2D eigenvalue weighted by Crippen LogP contribution is -2.47. The normalized spacial score (nSPS) is 14.1. The highest BCUT2D eigenvalue weighted by atomic mass is 31.2. The van der Waals surface area contributed by atoms with Gasteiger partial charge in [0.2, 0.25) is 5.91 Å². The molecule has 0 aromatic rings. The number of hydrogen-bond donors (Lipinski definition) is 1. The highest BCUT2D eigenvalue weighted by Gasteiger charge is 2.27. The predicted molar refractivity (Wildman–Crippen MR) is 321 cm³/mol. The summed E-state index contributed by atoms with van der Waals surface area (Å²) in [5.41, 5.74) is 0. The maximum absolute atomic E-state index is 13.4. The van der Waals surface area contributed by atoms with Crippen LogP contribution in [-0.2, 0) is 27.9 Å². The van der Waals surface area contributed by atoms with Crippen LogP contribution in [0.15, 0.2) is 60.8 Å². The van der Waals surface area contributed by atoms with Gasteiger partial charge >= 0.3 is 5.97 Å². The van der Waals surface area contributed by atoms with Crippen molar-refractivity contribution in [1.29, 1.82) is 0 Å².